The van der Waals surface area contributed by atoms with E-state index in [-0.39, 0.29) is 0 Å². The third-order valence-electron chi connectivity index (χ3n) is 5.26. The van der Waals surface area contributed by atoms with Crippen LogP contribution in [0.25, 0.3) is 0 Å². The topological polar surface area (TPSA) is 38.0 Å². The Bertz CT molecular complexity index is 379. The van der Waals surface area contributed by atoms with Crippen LogP contribution in [-0.4, -0.2) is 6.04 Å². The molecule has 2 aliphatic carbocycles. The molecule has 2 heteroatoms. The molecule has 0 amide bonds. The molecular weight excluding hydrogens is 220 g/mol. The number of hydrogen-bond donors (Lipinski definition) is 2. The average Bonchev–Trinajstić information content (AvgIpc) is 2.31. The van der Waals surface area contributed by atoms with Crippen molar-refractivity contribution in [1.82, 2.24) is 5.43 Å². The lowest BCUT2D eigenvalue weighted by molar-refractivity contribution is 0.129. The molecule has 0 aromatic heterocycles. The summed E-state index contributed by atoms with van der Waals surface area (Å²) in [6, 6.07) is 11.4. The first-order chi connectivity index (χ1) is 8.85. The molecule has 2 saturated carbocycles. The van der Waals surface area contributed by atoms with Gasteiger partial charge in [-0.25, -0.2) is 0 Å². The quantitative estimate of drug-likeness (QED) is 0.617. The highest BCUT2D eigenvalue weighted by molar-refractivity contribution is 5.30. The summed E-state index contributed by atoms with van der Waals surface area (Å²) in [4.78, 5) is 0. The maximum atomic E-state index is 5.88. The molecule has 0 bridgehead atoms. The van der Waals surface area contributed by atoms with Crippen LogP contribution in [0.3, 0.4) is 0 Å². The number of hydrazine groups is 1. The molecule has 0 heterocycles. The molecule has 1 atom stereocenters. The molecule has 3 N–H and O–H groups in total. The summed E-state index contributed by atoms with van der Waals surface area (Å²) in [5.41, 5.74) is 4.94. The third-order valence-corrected chi connectivity index (χ3v) is 5.26. The molecule has 0 spiro atoms. The normalized spacial score (nSPS) is 24.1. The molecule has 2 fully saturated rings. The first kappa shape index (κ1) is 12.2. The summed E-state index contributed by atoms with van der Waals surface area (Å²) in [5.74, 6) is 6.79. The van der Waals surface area contributed by atoms with Gasteiger partial charge in [0.1, 0.15) is 0 Å². The van der Waals surface area contributed by atoms with Gasteiger partial charge in [-0.15, -0.1) is 0 Å². The van der Waals surface area contributed by atoms with Crippen LogP contribution < -0.4 is 11.3 Å². The highest BCUT2D eigenvalue weighted by Crippen LogP contribution is 2.48. The van der Waals surface area contributed by atoms with Crippen LogP contribution in [0.1, 0.15) is 50.5 Å². The SMILES string of the molecule is NNC(CC1CCC1)C1(c2ccccc2)CCC1. The van der Waals surface area contributed by atoms with E-state index in [4.69, 9.17) is 5.84 Å². The number of benzene rings is 1. The lowest BCUT2D eigenvalue weighted by Gasteiger charge is -2.49. The van der Waals surface area contributed by atoms with Gasteiger partial charge >= 0.3 is 0 Å². The molecule has 0 aliphatic heterocycles. The smallest absolute Gasteiger partial charge is 0.0310 e. The van der Waals surface area contributed by atoms with Gasteiger partial charge in [0.05, 0.1) is 0 Å². The Morgan fingerprint density at radius 1 is 1.17 bits per heavy atom. The summed E-state index contributed by atoms with van der Waals surface area (Å²) < 4.78 is 0. The number of hydrogen-bond acceptors (Lipinski definition) is 2. The van der Waals surface area contributed by atoms with E-state index in [9.17, 15) is 0 Å². The first-order valence-electron chi connectivity index (χ1n) is 7.37. The van der Waals surface area contributed by atoms with Gasteiger partial charge in [-0.2, -0.15) is 0 Å². The van der Waals surface area contributed by atoms with E-state index >= 15 is 0 Å². The lowest BCUT2D eigenvalue weighted by atomic mass is 9.58. The van der Waals surface area contributed by atoms with Crippen molar-refractivity contribution in [3.05, 3.63) is 35.9 Å². The van der Waals surface area contributed by atoms with Crippen molar-refractivity contribution in [2.75, 3.05) is 0 Å². The van der Waals surface area contributed by atoms with E-state index in [0.717, 1.165) is 5.92 Å². The van der Waals surface area contributed by atoms with Gasteiger partial charge in [-0.05, 0) is 30.7 Å². The third kappa shape index (κ3) is 1.98. The van der Waals surface area contributed by atoms with Gasteiger partial charge in [0, 0.05) is 11.5 Å². The lowest BCUT2D eigenvalue weighted by Crippen LogP contribution is -2.56. The fourth-order valence-corrected chi connectivity index (χ4v) is 3.68. The number of nitrogens with one attached hydrogen (secondary N) is 1. The molecule has 3 rings (SSSR count). The van der Waals surface area contributed by atoms with Crippen LogP contribution in [0.4, 0.5) is 0 Å². The maximum Gasteiger partial charge on any atom is 0.0310 e. The van der Waals surface area contributed by atoms with Gasteiger partial charge in [0.25, 0.3) is 0 Å². The molecule has 0 radical (unpaired) electrons. The zero-order valence-electron chi connectivity index (χ0n) is 11.1. The van der Waals surface area contributed by atoms with Crippen molar-refractivity contribution in [1.29, 1.82) is 0 Å². The average molecular weight is 244 g/mol. The summed E-state index contributed by atoms with van der Waals surface area (Å²) in [5, 5.41) is 0. The Morgan fingerprint density at radius 2 is 1.89 bits per heavy atom. The Labute approximate surface area is 110 Å². The Hall–Kier alpha value is -0.860. The van der Waals surface area contributed by atoms with E-state index in [1.54, 1.807) is 0 Å². The summed E-state index contributed by atoms with van der Waals surface area (Å²) in [6.07, 6.45) is 9.41. The second kappa shape index (κ2) is 5.02. The fourth-order valence-electron chi connectivity index (χ4n) is 3.68. The minimum atomic E-state index is 0.311. The van der Waals surface area contributed by atoms with Crippen molar-refractivity contribution in [3.63, 3.8) is 0 Å². The summed E-state index contributed by atoms with van der Waals surface area (Å²) in [7, 11) is 0. The van der Waals surface area contributed by atoms with Crippen LogP contribution in [0.5, 0.6) is 0 Å². The highest BCUT2D eigenvalue weighted by Gasteiger charge is 2.45. The van der Waals surface area contributed by atoms with Crippen molar-refractivity contribution in [3.8, 4) is 0 Å². The van der Waals surface area contributed by atoms with Gasteiger partial charge in [-0.1, -0.05) is 56.0 Å². The molecule has 1 aromatic rings. The van der Waals surface area contributed by atoms with E-state index in [1.807, 2.05) is 0 Å². The largest absolute Gasteiger partial charge is 0.271 e. The summed E-state index contributed by atoms with van der Waals surface area (Å²) in [6.45, 7) is 0. The van der Waals surface area contributed by atoms with Gasteiger partial charge in [0.15, 0.2) is 0 Å². The number of nitrogens with two attached hydrogens (primary N) is 1. The molecule has 0 saturated heterocycles. The second-order valence-corrected chi connectivity index (χ2v) is 6.13. The van der Waals surface area contributed by atoms with Crippen LogP contribution in [0.2, 0.25) is 0 Å². The van der Waals surface area contributed by atoms with E-state index in [1.165, 1.54) is 50.5 Å². The summed E-state index contributed by atoms with van der Waals surface area (Å²) >= 11 is 0. The van der Waals surface area contributed by atoms with E-state index < -0.39 is 0 Å². The molecule has 2 aliphatic rings. The van der Waals surface area contributed by atoms with Crippen molar-refractivity contribution in [2.45, 2.75) is 56.4 Å². The molecule has 18 heavy (non-hydrogen) atoms. The standard InChI is InChI=1S/C16H24N2/c17-18-15(12-13-6-4-7-13)16(10-5-11-16)14-8-2-1-3-9-14/h1-3,8-9,13,15,18H,4-7,10-12,17H2. The van der Waals surface area contributed by atoms with Crippen molar-refractivity contribution < 1.29 is 0 Å². The van der Waals surface area contributed by atoms with Crippen molar-refractivity contribution >= 4 is 0 Å². The molecular formula is C16H24N2. The highest BCUT2D eigenvalue weighted by atomic mass is 15.2. The van der Waals surface area contributed by atoms with E-state index in [2.05, 4.69) is 35.8 Å². The predicted octanol–water partition coefficient (Wildman–Crippen LogP) is 3.13. The first-order valence-corrected chi connectivity index (χ1v) is 7.37. The van der Waals surface area contributed by atoms with Crippen LogP contribution in [-0.2, 0) is 5.41 Å². The Balaban J connectivity index is 1.80. The fraction of sp³-hybridized carbons (Fsp3) is 0.625. The second-order valence-electron chi connectivity index (χ2n) is 6.13. The molecule has 1 unspecified atom stereocenters. The zero-order valence-corrected chi connectivity index (χ0v) is 11.1. The zero-order chi connectivity index (χ0) is 12.4. The minimum Gasteiger partial charge on any atom is -0.271 e. The van der Waals surface area contributed by atoms with Gasteiger partial charge in [-0.3, -0.25) is 11.3 Å². The number of rotatable bonds is 5. The molecule has 2 nitrogen and oxygen atoms in total. The minimum absolute atomic E-state index is 0.311. The molecule has 1 aromatic carbocycles. The molecule has 98 valence electrons. The van der Waals surface area contributed by atoms with Crippen molar-refractivity contribution in [2.24, 2.45) is 11.8 Å². The van der Waals surface area contributed by atoms with Crippen LogP contribution in [0, 0.1) is 5.92 Å². The Kier molecular flexibility index (Phi) is 3.40. The Morgan fingerprint density at radius 3 is 2.33 bits per heavy atom. The van der Waals surface area contributed by atoms with Crippen LogP contribution in [0.15, 0.2) is 30.3 Å². The predicted molar refractivity (Wildman–Crippen MR) is 75.0 cm³/mol. The maximum absolute atomic E-state index is 5.88. The van der Waals surface area contributed by atoms with Gasteiger partial charge < -0.3 is 0 Å². The van der Waals surface area contributed by atoms with Crippen LogP contribution >= 0.6 is 0 Å². The van der Waals surface area contributed by atoms with Gasteiger partial charge in [0.2, 0.25) is 0 Å². The van der Waals surface area contributed by atoms with E-state index in [0.29, 0.717) is 11.5 Å². The monoisotopic (exact) mass is 244 g/mol.